The summed E-state index contributed by atoms with van der Waals surface area (Å²) in [4.78, 5) is 12.3. The lowest BCUT2D eigenvalue weighted by Gasteiger charge is -2.15. The molecule has 3 N–H and O–H groups in total. The van der Waals surface area contributed by atoms with Crippen LogP contribution in [0.5, 0.6) is 0 Å². The van der Waals surface area contributed by atoms with Gasteiger partial charge in [0, 0.05) is 24.6 Å². The van der Waals surface area contributed by atoms with E-state index in [9.17, 15) is 22.7 Å². The van der Waals surface area contributed by atoms with E-state index in [1.165, 1.54) is 36.4 Å². The maximum Gasteiger partial charge on any atom is 0.251 e. The molecule has 0 fully saturated rings. The molecule has 0 spiro atoms. The molecule has 1 atom stereocenters. The van der Waals surface area contributed by atoms with Crippen LogP contribution in [-0.4, -0.2) is 39.1 Å². The van der Waals surface area contributed by atoms with Gasteiger partial charge in [0.05, 0.1) is 11.4 Å². The number of hydrogen-bond acceptors (Lipinski definition) is 4. The molecule has 8 heteroatoms. The van der Waals surface area contributed by atoms with Crippen molar-refractivity contribution in [3.8, 4) is 12.3 Å². The van der Waals surface area contributed by atoms with Gasteiger partial charge in [-0.3, -0.25) is 4.79 Å². The van der Waals surface area contributed by atoms with Crippen molar-refractivity contribution in [2.45, 2.75) is 11.3 Å². The van der Waals surface area contributed by atoms with Gasteiger partial charge in [0.15, 0.2) is 0 Å². The molecule has 0 aliphatic heterocycles. The van der Waals surface area contributed by atoms with Crippen LogP contribution in [0.2, 0.25) is 0 Å². The summed E-state index contributed by atoms with van der Waals surface area (Å²) >= 11 is 0. The lowest BCUT2D eigenvalue weighted by atomic mass is 10.00. The van der Waals surface area contributed by atoms with Crippen molar-refractivity contribution < 1.29 is 22.7 Å². The standard InChI is InChI=1S/C20H21FN2O4S/c1-2-11-23-28(26,27)19-9-5-17(6-10-19)20(25)22-13-16(14-24)12-15-3-7-18(21)8-4-15/h1,3-10,16,23-24H,11-14H2,(H,22,25)/t16-/m0/s1. The molecule has 2 aromatic carbocycles. The molecule has 1 amide bonds. The highest BCUT2D eigenvalue weighted by Crippen LogP contribution is 2.12. The van der Waals surface area contributed by atoms with Gasteiger partial charge >= 0.3 is 0 Å². The maximum absolute atomic E-state index is 13.0. The Morgan fingerprint density at radius 3 is 2.36 bits per heavy atom. The SMILES string of the molecule is C#CCNS(=O)(=O)c1ccc(C(=O)NC[C@@H](CO)Cc2ccc(F)cc2)cc1. The van der Waals surface area contributed by atoms with E-state index in [4.69, 9.17) is 6.42 Å². The summed E-state index contributed by atoms with van der Waals surface area (Å²) in [5, 5.41) is 12.2. The molecule has 0 saturated carbocycles. The molecule has 2 rings (SSSR count). The van der Waals surface area contributed by atoms with E-state index in [-0.39, 0.29) is 41.9 Å². The van der Waals surface area contributed by atoms with Crippen molar-refractivity contribution in [2.24, 2.45) is 5.92 Å². The topological polar surface area (TPSA) is 95.5 Å². The molecule has 0 saturated heterocycles. The van der Waals surface area contributed by atoms with Gasteiger partial charge in [-0.1, -0.05) is 18.1 Å². The molecule has 148 valence electrons. The van der Waals surface area contributed by atoms with E-state index >= 15 is 0 Å². The lowest BCUT2D eigenvalue weighted by Crippen LogP contribution is -2.32. The number of amides is 1. The van der Waals surface area contributed by atoms with Gasteiger partial charge in [-0.2, -0.15) is 4.72 Å². The number of sulfonamides is 1. The van der Waals surface area contributed by atoms with Crippen LogP contribution >= 0.6 is 0 Å². The highest BCUT2D eigenvalue weighted by Gasteiger charge is 2.15. The molecule has 0 bridgehead atoms. The third-order valence-corrected chi connectivity index (χ3v) is 5.46. The molecular weight excluding hydrogens is 383 g/mol. The number of carbonyl (C=O) groups is 1. The maximum atomic E-state index is 13.0. The monoisotopic (exact) mass is 404 g/mol. The van der Waals surface area contributed by atoms with Gasteiger partial charge in [-0.05, 0) is 48.4 Å². The van der Waals surface area contributed by atoms with Crippen LogP contribution in [0.3, 0.4) is 0 Å². The molecule has 0 radical (unpaired) electrons. The first-order chi connectivity index (χ1) is 13.4. The van der Waals surface area contributed by atoms with Crippen molar-refractivity contribution in [2.75, 3.05) is 19.7 Å². The van der Waals surface area contributed by atoms with Crippen LogP contribution in [-0.2, 0) is 16.4 Å². The first kappa shape index (κ1) is 21.6. The number of terminal acetylenes is 1. The van der Waals surface area contributed by atoms with E-state index in [0.717, 1.165) is 5.56 Å². The minimum absolute atomic E-state index is 0.00356. The van der Waals surface area contributed by atoms with Crippen LogP contribution in [0.15, 0.2) is 53.4 Å². The molecule has 0 heterocycles. The van der Waals surface area contributed by atoms with Crippen LogP contribution in [0, 0.1) is 24.1 Å². The molecule has 0 aromatic heterocycles. The number of carbonyl (C=O) groups excluding carboxylic acids is 1. The largest absolute Gasteiger partial charge is 0.396 e. The number of aliphatic hydroxyl groups is 1. The molecule has 28 heavy (non-hydrogen) atoms. The molecule has 0 aliphatic rings. The van der Waals surface area contributed by atoms with Gasteiger partial charge in [-0.15, -0.1) is 6.42 Å². The Labute approximate surface area is 163 Å². The van der Waals surface area contributed by atoms with Gasteiger partial charge in [0.2, 0.25) is 10.0 Å². The Morgan fingerprint density at radius 1 is 1.14 bits per heavy atom. The van der Waals surface area contributed by atoms with Crippen LogP contribution < -0.4 is 10.0 Å². The minimum atomic E-state index is -3.72. The Hall–Kier alpha value is -2.73. The number of rotatable bonds is 9. The third-order valence-electron chi connectivity index (χ3n) is 4.04. The first-order valence-corrected chi connectivity index (χ1v) is 10.0. The molecule has 0 unspecified atom stereocenters. The van der Waals surface area contributed by atoms with Gasteiger partial charge in [0.1, 0.15) is 5.82 Å². The molecular formula is C20H21FN2O4S. The summed E-state index contributed by atoms with van der Waals surface area (Å²) < 4.78 is 39.1. The highest BCUT2D eigenvalue weighted by atomic mass is 32.2. The Balaban J connectivity index is 1.94. The average Bonchev–Trinajstić information content (AvgIpc) is 2.71. The van der Waals surface area contributed by atoms with E-state index in [0.29, 0.717) is 6.42 Å². The van der Waals surface area contributed by atoms with Gasteiger partial charge < -0.3 is 10.4 Å². The second-order valence-electron chi connectivity index (χ2n) is 6.14. The van der Waals surface area contributed by atoms with Crippen molar-refractivity contribution in [1.82, 2.24) is 10.0 Å². The van der Waals surface area contributed by atoms with Crippen molar-refractivity contribution in [3.05, 3.63) is 65.5 Å². The second kappa shape index (κ2) is 9.99. The fourth-order valence-electron chi connectivity index (χ4n) is 2.50. The number of halogens is 1. The van der Waals surface area contributed by atoms with E-state index in [1.54, 1.807) is 12.1 Å². The number of aliphatic hydroxyl groups excluding tert-OH is 1. The first-order valence-electron chi connectivity index (χ1n) is 8.52. The zero-order valence-corrected chi connectivity index (χ0v) is 15.9. The Morgan fingerprint density at radius 2 is 1.79 bits per heavy atom. The van der Waals surface area contributed by atoms with Crippen LogP contribution in [0.1, 0.15) is 15.9 Å². The molecule has 0 aliphatic carbocycles. The highest BCUT2D eigenvalue weighted by molar-refractivity contribution is 7.89. The molecule has 6 nitrogen and oxygen atoms in total. The van der Waals surface area contributed by atoms with Gasteiger partial charge in [-0.25, -0.2) is 12.8 Å². The van der Waals surface area contributed by atoms with E-state index in [1.807, 2.05) is 0 Å². The number of nitrogens with one attached hydrogen (secondary N) is 2. The van der Waals surface area contributed by atoms with Crippen LogP contribution in [0.4, 0.5) is 4.39 Å². The van der Waals surface area contributed by atoms with E-state index in [2.05, 4.69) is 16.0 Å². The third kappa shape index (κ3) is 6.16. The number of benzene rings is 2. The van der Waals surface area contributed by atoms with Crippen molar-refractivity contribution in [3.63, 3.8) is 0 Å². The number of hydrogen-bond donors (Lipinski definition) is 3. The van der Waals surface area contributed by atoms with Gasteiger partial charge in [0.25, 0.3) is 5.91 Å². The quantitative estimate of drug-likeness (QED) is 0.550. The summed E-state index contributed by atoms with van der Waals surface area (Å²) in [6.07, 6.45) is 5.52. The molecule has 2 aromatic rings. The minimum Gasteiger partial charge on any atom is -0.396 e. The normalized spacial score (nSPS) is 12.2. The second-order valence-corrected chi connectivity index (χ2v) is 7.91. The van der Waals surface area contributed by atoms with E-state index < -0.39 is 15.9 Å². The summed E-state index contributed by atoms with van der Waals surface area (Å²) in [6, 6.07) is 11.4. The van der Waals surface area contributed by atoms with Crippen molar-refractivity contribution in [1.29, 1.82) is 0 Å². The average molecular weight is 404 g/mol. The van der Waals surface area contributed by atoms with Crippen molar-refractivity contribution >= 4 is 15.9 Å². The van der Waals surface area contributed by atoms with Crippen LogP contribution in [0.25, 0.3) is 0 Å². The summed E-state index contributed by atoms with van der Waals surface area (Å²) in [6.45, 7) is -0.0483. The predicted octanol–water partition coefficient (Wildman–Crippen LogP) is 1.32. The Bertz CT molecular complexity index is 936. The zero-order valence-electron chi connectivity index (χ0n) is 15.1. The summed E-state index contributed by atoms with van der Waals surface area (Å²) in [5.74, 6) is 1.22. The fraction of sp³-hybridized carbons (Fsp3) is 0.250. The lowest BCUT2D eigenvalue weighted by molar-refractivity contribution is 0.0940. The predicted molar refractivity (Wildman–Crippen MR) is 103 cm³/mol. The summed E-state index contributed by atoms with van der Waals surface area (Å²) in [7, 11) is -3.72. The fourth-order valence-corrected chi connectivity index (χ4v) is 3.43. The Kier molecular flexibility index (Phi) is 7.70. The smallest absolute Gasteiger partial charge is 0.251 e. The zero-order chi connectivity index (χ0) is 20.6. The summed E-state index contributed by atoms with van der Waals surface area (Å²) in [5.41, 5.74) is 1.14.